The molecule has 0 heterocycles. The molecule has 1 saturated carbocycles. The van der Waals surface area contributed by atoms with E-state index in [-0.39, 0.29) is 0 Å². The van der Waals surface area contributed by atoms with Crippen LogP contribution >= 0.6 is 15.9 Å². The first-order valence-corrected chi connectivity index (χ1v) is 7.72. The fraction of sp³-hybridized carbons (Fsp3) is 0.600. The van der Waals surface area contributed by atoms with Gasteiger partial charge < -0.3 is 0 Å². The lowest BCUT2D eigenvalue weighted by atomic mass is 9.91. The lowest BCUT2D eigenvalue weighted by Crippen LogP contribution is -2.41. The summed E-state index contributed by atoms with van der Waals surface area (Å²) in [5.74, 6) is 7.41. The van der Waals surface area contributed by atoms with E-state index < -0.39 is 0 Å². The van der Waals surface area contributed by atoms with E-state index in [1.165, 1.54) is 31.2 Å². The maximum absolute atomic E-state index is 5.76. The Bertz CT molecular complexity index is 363. The Kier molecular flexibility index (Phi) is 5.22. The Morgan fingerprint density at radius 1 is 1.33 bits per heavy atom. The SMILES string of the molecule is CCC1CCC(C(Cc2ccc(Br)cc2)NN)C1. The number of nitrogens with one attached hydrogen (secondary N) is 1. The van der Waals surface area contributed by atoms with Crippen LogP contribution in [0.4, 0.5) is 0 Å². The Labute approximate surface area is 118 Å². The Hall–Kier alpha value is -0.380. The number of halogens is 1. The van der Waals surface area contributed by atoms with Crippen LogP contribution in [0, 0.1) is 11.8 Å². The second-order valence-corrected chi connectivity index (χ2v) is 6.37. The molecule has 1 fully saturated rings. The smallest absolute Gasteiger partial charge is 0.0279 e. The van der Waals surface area contributed by atoms with Crippen LogP contribution in [0.15, 0.2) is 28.7 Å². The highest BCUT2D eigenvalue weighted by molar-refractivity contribution is 9.10. The molecule has 0 aromatic heterocycles. The van der Waals surface area contributed by atoms with Gasteiger partial charge in [0.15, 0.2) is 0 Å². The molecular formula is C15H23BrN2. The zero-order valence-corrected chi connectivity index (χ0v) is 12.6. The zero-order chi connectivity index (χ0) is 13.0. The second kappa shape index (κ2) is 6.69. The van der Waals surface area contributed by atoms with Crippen molar-refractivity contribution in [3.8, 4) is 0 Å². The van der Waals surface area contributed by atoms with Gasteiger partial charge in [0, 0.05) is 10.5 Å². The van der Waals surface area contributed by atoms with Crippen LogP contribution in [0.25, 0.3) is 0 Å². The highest BCUT2D eigenvalue weighted by atomic mass is 79.9. The van der Waals surface area contributed by atoms with Crippen LogP contribution in [-0.4, -0.2) is 6.04 Å². The van der Waals surface area contributed by atoms with Gasteiger partial charge in [0.2, 0.25) is 0 Å². The molecule has 0 aliphatic heterocycles. The van der Waals surface area contributed by atoms with E-state index in [0.29, 0.717) is 6.04 Å². The van der Waals surface area contributed by atoms with Crippen molar-refractivity contribution < 1.29 is 0 Å². The lowest BCUT2D eigenvalue weighted by Gasteiger charge is -2.23. The normalized spacial score (nSPS) is 25.3. The zero-order valence-electron chi connectivity index (χ0n) is 11.0. The first-order chi connectivity index (χ1) is 8.72. The van der Waals surface area contributed by atoms with Gasteiger partial charge in [0.1, 0.15) is 0 Å². The number of benzene rings is 1. The average molecular weight is 311 g/mol. The van der Waals surface area contributed by atoms with Crippen molar-refractivity contribution in [1.29, 1.82) is 0 Å². The summed E-state index contributed by atoms with van der Waals surface area (Å²) in [7, 11) is 0. The molecule has 0 bridgehead atoms. The quantitative estimate of drug-likeness (QED) is 0.643. The Balaban J connectivity index is 1.95. The molecule has 0 amide bonds. The summed E-state index contributed by atoms with van der Waals surface area (Å²) in [6.07, 6.45) is 6.38. The fourth-order valence-electron chi connectivity index (χ4n) is 3.09. The van der Waals surface area contributed by atoms with Gasteiger partial charge >= 0.3 is 0 Å². The van der Waals surface area contributed by atoms with E-state index in [1.807, 2.05) is 0 Å². The summed E-state index contributed by atoms with van der Waals surface area (Å²) in [6, 6.07) is 8.99. The number of hydrogen-bond acceptors (Lipinski definition) is 2. The summed E-state index contributed by atoms with van der Waals surface area (Å²) in [4.78, 5) is 0. The molecule has 2 nitrogen and oxygen atoms in total. The van der Waals surface area contributed by atoms with Crippen molar-refractivity contribution >= 4 is 15.9 Å². The average Bonchev–Trinajstić information content (AvgIpc) is 2.87. The second-order valence-electron chi connectivity index (χ2n) is 5.45. The van der Waals surface area contributed by atoms with Crippen molar-refractivity contribution in [2.24, 2.45) is 17.7 Å². The summed E-state index contributed by atoms with van der Waals surface area (Å²) < 4.78 is 1.13. The van der Waals surface area contributed by atoms with E-state index in [2.05, 4.69) is 52.5 Å². The van der Waals surface area contributed by atoms with Gasteiger partial charge in [-0.3, -0.25) is 11.3 Å². The third kappa shape index (κ3) is 3.56. The molecule has 3 N–H and O–H groups in total. The molecule has 0 saturated heterocycles. The van der Waals surface area contributed by atoms with Gasteiger partial charge in [-0.05, 0) is 48.8 Å². The summed E-state index contributed by atoms with van der Waals surface area (Å²) in [5.41, 5.74) is 4.40. The predicted octanol–water partition coefficient (Wildman–Crippen LogP) is 3.65. The van der Waals surface area contributed by atoms with Crippen molar-refractivity contribution in [3.05, 3.63) is 34.3 Å². The molecule has 3 heteroatoms. The number of nitrogens with two attached hydrogens (primary N) is 1. The van der Waals surface area contributed by atoms with Crippen LogP contribution in [-0.2, 0) is 6.42 Å². The van der Waals surface area contributed by atoms with Crippen molar-refractivity contribution in [2.45, 2.75) is 45.1 Å². The molecule has 3 unspecified atom stereocenters. The van der Waals surface area contributed by atoms with Crippen LogP contribution in [0.2, 0.25) is 0 Å². The standard InChI is InChI=1S/C15H23BrN2/c1-2-11-3-6-13(9-11)15(18-17)10-12-4-7-14(16)8-5-12/h4-5,7-8,11,13,15,18H,2-3,6,9-10,17H2,1H3. The van der Waals surface area contributed by atoms with Gasteiger partial charge in [-0.25, -0.2) is 0 Å². The highest BCUT2D eigenvalue weighted by Crippen LogP contribution is 2.35. The molecular weight excluding hydrogens is 288 g/mol. The molecule has 1 aliphatic carbocycles. The van der Waals surface area contributed by atoms with E-state index in [9.17, 15) is 0 Å². The molecule has 1 aromatic carbocycles. The van der Waals surface area contributed by atoms with Crippen LogP contribution < -0.4 is 11.3 Å². The third-order valence-corrected chi connectivity index (χ3v) is 4.84. The molecule has 2 rings (SSSR count). The number of rotatable bonds is 5. The molecule has 100 valence electrons. The van der Waals surface area contributed by atoms with Gasteiger partial charge in [-0.1, -0.05) is 47.8 Å². The number of hydrogen-bond donors (Lipinski definition) is 2. The molecule has 3 atom stereocenters. The van der Waals surface area contributed by atoms with Gasteiger partial charge in [-0.2, -0.15) is 0 Å². The minimum Gasteiger partial charge on any atom is -0.271 e. The first kappa shape index (κ1) is 14.0. The molecule has 1 aliphatic rings. The molecule has 0 radical (unpaired) electrons. The minimum absolute atomic E-state index is 0.419. The Morgan fingerprint density at radius 2 is 2.06 bits per heavy atom. The number of hydrazine groups is 1. The van der Waals surface area contributed by atoms with Crippen LogP contribution in [0.3, 0.4) is 0 Å². The fourth-order valence-corrected chi connectivity index (χ4v) is 3.35. The molecule has 18 heavy (non-hydrogen) atoms. The van der Waals surface area contributed by atoms with Gasteiger partial charge in [-0.15, -0.1) is 0 Å². The largest absolute Gasteiger partial charge is 0.271 e. The van der Waals surface area contributed by atoms with Crippen molar-refractivity contribution in [2.75, 3.05) is 0 Å². The van der Waals surface area contributed by atoms with Gasteiger partial charge in [0.25, 0.3) is 0 Å². The van der Waals surface area contributed by atoms with Crippen molar-refractivity contribution in [3.63, 3.8) is 0 Å². The predicted molar refractivity (Wildman–Crippen MR) is 80.1 cm³/mol. The molecule has 1 aromatic rings. The van der Waals surface area contributed by atoms with Gasteiger partial charge in [0.05, 0.1) is 0 Å². The van der Waals surface area contributed by atoms with E-state index in [1.54, 1.807) is 0 Å². The van der Waals surface area contributed by atoms with Crippen LogP contribution in [0.5, 0.6) is 0 Å². The molecule has 0 spiro atoms. The summed E-state index contributed by atoms with van der Waals surface area (Å²) >= 11 is 3.47. The Morgan fingerprint density at radius 3 is 2.61 bits per heavy atom. The van der Waals surface area contributed by atoms with Crippen LogP contribution in [0.1, 0.15) is 38.2 Å². The maximum atomic E-state index is 5.76. The van der Waals surface area contributed by atoms with E-state index in [4.69, 9.17) is 5.84 Å². The van der Waals surface area contributed by atoms with E-state index >= 15 is 0 Å². The monoisotopic (exact) mass is 310 g/mol. The minimum atomic E-state index is 0.419. The van der Waals surface area contributed by atoms with Crippen molar-refractivity contribution in [1.82, 2.24) is 5.43 Å². The topological polar surface area (TPSA) is 38.0 Å². The first-order valence-electron chi connectivity index (χ1n) is 6.93. The van der Waals surface area contributed by atoms with E-state index in [0.717, 1.165) is 22.7 Å². The summed E-state index contributed by atoms with van der Waals surface area (Å²) in [6.45, 7) is 2.30. The summed E-state index contributed by atoms with van der Waals surface area (Å²) in [5, 5.41) is 0. The maximum Gasteiger partial charge on any atom is 0.0279 e. The third-order valence-electron chi connectivity index (χ3n) is 4.31. The highest BCUT2D eigenvalue weighted by Gasteiger charge is 2.29. The lowest BCUT2D eigenvalue weighted by molar-refractivity contribution is 0.348.